The van der Waals surface area contributed by atoms with Crippen LogP contribution in [-0.4, -0.2) is 65.5 Å². The molecule has 11 nitrogen and oxygen atoms in total. The zero-order chi connectivity index (χ0) is 30.7. The lowest BCUT2D eigenvalue weighted by Crippen LogP contribution is -2.62. The van der Waals surface area contributed by atoms with Crippen molar-refractivity contribution in [1.82, 2.24) is 14.2 Å². The van der Waals surface area contributed by atoms with Crippen LogP contribution in [0.5, 0.6) is 0 Å². The maximum absolute atomic E-state index is 13.9. The van der Waals surface area contributed by atoms with Crippen molar-refractivity contribution in [3.05, 3.63) is 101 Å². The van der Waals surface area contributed by atoms with Crippen molar-refractivity contribution in [3.63, 3.8) is 0 Å². The van der Waals surface area contributed by atoms with Crippen LogP contribution in [0.25, 0.3) is 21.9 Å². The van der Waals surface area contributed by atoms with Gasteiger partial charge in [-0.1, -0.05) is 35.9 Å². The fraction of sp³-hybridized carbons (Fsp3) is 0.200. The Bertz CT molecular complexity index is 1820. The number of rotatable bonds is 8. The second-order valence-corrected chi connectivity index (χ2v) is 12.5. The highest BCUT2D eigenvalue weighted by atomic mass is 35.5. The van der Waals surface area contributed by atoms with E-state index in [9.17, 15) is 27.7 Å². The zero-order valence-electron chi connectivity index (χ0n) is 22.7. The maximum Gasteiger partial charge on any atom is 0.288 e. The van der Waals surface area contributed by atoms with Gasteiger partial charge in [0.05, 0.1) is 23.4 Å². The van der Waals surface area contributed by atoms with Crippen molar-refractivity contribution in [1.29, 1.82) is 0 Å². The first kappa shape index (κ1) is 30.0. The Hall–Kier alpha value is -4.52. The van der Waals surface area contributed by atoms with Crippen LogP contribution in [-0.2, 0) is 19.6 Å². The lowest BCUT2D eigenvalue weighted by atomic mass is 9.99. The van der Waals surface area contributed by atoms with Crippen LogP contribution < -0.4 is 5.73 Å². The van der Waals surface area contributed by atoms with Crippen LogP contribution in [0.15, 0.2) is 95.3 Å². The molecule has 1 fully saturated rings. The highest BCUT2D eigenvalue weighted by Gasteiger charge is 2.43. The Kier molecular flexibility index (Phi) is 8.62. The highest BCUT2D eigenvalue weighted by Crippen LogP contribution is 2.30. The van der Waals surface area contributed by atoms with Gasteiger partial charge in [0.25, 0.3) is 11.8 Å². The molecule has 2 N–H and O–H groups in total. The molecule has 43 heavy (non-hydrogen) atoms. The minimum Gasteiger partial charge on any atom is -0.370 e. The lowest BCUT2D eigenvalue weighted by molar-refractivity contribution is -0.120. The molecule has 5 rings (SSSR count). The van der Waals surface area contributed by atoms with E-state index in [2.05, 4.69) is 10.2 Å². The van der Waals surface area contributed by atoms with Gasteiger partial charge in [0, 0.05) is 47.7 Å². The summed E-state index contributed by atoms with van der Waals surface area (Å²) < 4.78 is 28.8. The Morgan fingerprint density at radius 3 is 2.12 bits per heavy atom. The molecule has 1 saturated heterocycles. The molecule has 1 aliphatic rings. The molecule has 0 saturated carbocycles. The standard InChI is InChI=1S/C30H26ClN5O6S/c31-24-7-5-23-14-27(8-6-22(23)13-24)43(41,42)35-17-25(15-28(32)37)36(26(18-35)16-29(38)34-40)30(39)21-3-1-19(2-4-21)20-9-11-33-12-10-20/h1-14,25-26H,15-18H2,(H2,32,37)/t25-,26+/m1/s1. The molecule has 0 aliphatic carbocycles. The van der Waals surface area contributed by atoms with Crippen molar-refractivity contribution in [3.8, 4) is 11.1 Å². The van der Waals surface area contributed by atoms with E-state index in [-0.39, 0.29) is 30.0 Å². The van der Waals surface area contributed by atoms with Crippen molar-refractivity contribution in [2.24, 2.45) is 10.9 Å². The Morgan fingerprint density at radius 1 is 0.860 bits per heavy atom. The van der Waals surface area contributed by atoms with Gasteiger partial charge in [-0.3, -0.25) is 19.4 Å². The summed E-state index contributed by atoms with van der Waals surface area (Å²) in [6.07, 6.45) is 2.38. The number of aromatic nitrogens is 1. The normalized spacial score (nSPS) is 17.5. The van der Waals surface area contributed by atoms with Gasteiger partial charge in [0.2, 0.25) is 15.9 Å². The monoisotopic (exact) mass is 619 g/mol. The molecule has 3 amide bonds. The third-order valence-corrected chi connectivity index (χ3v) is 9.42. The smallest absolute Gasteiger partial charge is 0.288 e. The summed E-state index contributed by atoms with van der Waals surface area (Å²) in [5, 5.41) is 4.34. The number of carbonyl (C=O) groups excluding carboxylic acids is 3. The summed E-state index contributed by atoms with van der Waals surface area (Å²) in [5.74, 6) is -2.37. The van der Waals surface area contributed by atoms with E-state index in [0.717, 1.165) is 20.8 Å². The summed E-state index contributed by atoms with van der Waals surface area (Å²) in [7, 11) is -4.17. The Morgan fingerprint density at radius 2 is 1.47 bits per heavy atom. The molecule has 2 atom stereocenters. The third kappa shape index (κ3) is 6.46. The molecule has 2 heterocycles. The topological polar surface area (TPSA) is 160 Å². The van der Waals surface area contributed by atoms with E-state index in [1.165, 1.54) is 17.0 Å². The number of fused-ring (bicyclic) bond motifs is 1. The van der Waals surface area contributed by atoms with Gasteiger partial charge >= 0.3 is 0 Å². The zero-order valence-corrected chi connectivity index (χ0v) is 24.2. The number of benzene rings is 3. The second-order valence-electron chi connectivity index (χ2n) is 10.2. The predicted molar refractivity (Wildman–Crippen MR) is 160 cm³/mol. The number of amides is 3. The van der Waals surface area contributed by atoms with Crippen LogP contribution in [0.4, 0.5) is 0 Å². The SMILES string of the molecule is NC(=O)C[C@@H]1CN(S(=O)(=O)c2ccc3cc(Cl)ccc3c2)C[C@H](CC(=O)N=O)N1C(=O)c1ccc(-c2ccncc2)cc1. The quantitative estimate of drug-likeness (QED) is 0.292. The van der Waals surface area contributed by atoms with Gasteiger partial charge in [0.1, 0.15) is 0 Å². The average molecular weight is 620 g/mol. The third-order valence-electron chi connectivity index (χ3n) is 7.36. The summed E-state index contributed by atoms with van der Waals surface area (Å²) >= 11 is 6.06. The molecule has 3 aromatic carbocycles. The fourth-order valence-electron chi connectivity index (χ4n) is 5.35. The predicted octanol–water partition coefficient (Wildman–Crippen LogP) is 4.00. The molecule has 13 heteroatoms. The minimum absolute atomic E-state index is 0.0230. The molecule has 220 valence electrons. The molecule has 0 bridgehead atoms. The van der Waals surface area contributed by atoms with Gasteiger partial charge in [-0.15, -0.1) is 4.91 Å². The Labute approximate surface area is 252 Å². The van der Waals surface area contributed by atoms with Crippen molar-refractivity contribution in [2.75, 3.05) is 13.1 Å². The fourth-order valence-corrected chi connectivity index (χ4v) is 7.08. The number of pyridine rings is 1. The number of primary amides is 1. The van der Waals surface area contributed by atoms with Gasteiger partial charge in [-0.2, -0.15) is 4.31 Å². The van der Waals surface area contributed by atoms with Crippen LogP contribution in [0.3, 0.4) is 0 Å². The van der Waals surface area contributed by atoms with E-state index in [1.54, 1.807) is 60.9 Å². The Balaban J connectivity index is 1.50. The van der Waals surface area contributed by atoms with E-state index >= 15 is 0 Å². The molecule has 1 aliphatic heterocycles. The first-order valence-electron chi connectivity index (χ1n) is 13.2. The molecule has 0 radical (unpaired) electrons. The molecular weight excluding hydrogens is 594 g/mol. The summed E-state index contributed by atoms with van der Waals surface area (Å²) in [6.45, 7) is -0.567. The average Bonchev–Trinajstić information content (AvgIpc) is 3.00. The van der Waals surface area contributed by atoms with Crippen molar-refractivity contribution >= 4 is 50.1 Å². The van der Waals surface area contributed by atoms with Gasteiger partial charge in [-0.25, -0.2) is 8.42 Å². The number of nitroso groups, excluding NO2 is 1. The molecule has 0 unspecified atom stereocenters. The van der Waals surface area contributed by atoms with E-state index in [4.69, 9.17) is 17.3 Å². The molecular formula is C30H26ClN5O6S. The number of nitrogens with zero attached hydrogens (tertiary/aromatic N) is 4. The summed E-state index contributed by atoms with van der Waals surface area (Å²) in [4.78, 5) is 54.6. The number of halogens is 1. The lowest BCUT2D eigenvalue weighted by Gasteiger charge is -2.45. The first-order chi connectivity index (χ1) is 20.6. The van der Waals surface area contributed by atoms with E-state index < -0.39 is 46.2 Å². The van der Waals surface area contributed by atoms with E-state index in [0.29, 0.717) is 10.4 Å². The minimum atomic E-state index is -4.17. The number of piperazine rings is 1. The highest BCUT2D eigenvalue weighted by molar-refractivity contribution is 7.89. The van der Waals surface area contributed by atoms with Crippen LogP contribution >= 0.6 is 11.6 Å². The van der Waals surface area contributed by atoms with Gasteiger partial charge in [0.15, 0.2) is 0 Å². The number of sulfonamides is 1. The number of carbonyl (C=O) groups is 3. The van der Waals surface area contributed by atoms with Crippen LogP contribution in [0.2, 0.25) is 5.02 Å². The summed E-state index contributed by atoms with van der Waals surface area (Å²) in [5.41, 5.74) is 7.49. The second kappa shape index (κ2) is 12.4. The number of hydrogen-bond acceptors (Lipinski definition) is 7. The van der Waals surface area contributed by atoms with Gasteiger partial charge in [-0.05, 0) is 70.4 Å². The molecule has 4 aromatic rings. The first-order valence-corrected chi connectivity index (χ1v) is 15.1. The van der Waals surface area contributed by atoms with Crippen LogP contribution in [0, 0.1) is 4.91 Å². The largest absolute Gasteiger partial charge is 0.370 e. The maximum atomic E-state index is 13.9. The van der Waals surface area contributed by atoms with Crippen molar-refractivity contribution in [2.45, 2.75) is 29.8 Å². The molecule has 1 aromatic heterocycles. The van der Waals surface area contributed by atoms with E-state index in [1.807, 2.05) is 12.1 Å². The van der Waals surface area contributed by atoms with Crippen molar-refractivity contribution < 1.29 is 22.8 Å². The number of nitrogens with two attached hydrogens (primary N) is 1. The van der Waals surface area contributed by atoms with Crippen LogP contribution in [0.1, 0.15) is 23.2 Å². The number of hydrogen-bond donors (Lipinski definition) is 1. The summed E-state index contributed by atoms with van der Waals surface area (Å²) in [6, 6.07) is 17.8. The molecule has 0 spiro atoms. The van der Waals surface area contributed by atoms with Gasteiger partial charge < -0.3 is 10.6 Å².